The predicted molar refractivity (Wildman–Crippen MR) is 104 cm³/mol. The van der Waals surface area contributed by atoms with Crippen molar-refractivity contribution in [3.63, 3.8) is 0 Å². The zero-order valence-electron chi connectivity index (χ0n) is 16.4. The average Bonchev–Trinajstić information content (AvgIpc) is 2.66. The number of amides is 2. The Hall–Kier alpha value is -2.70. The lowest BCUT2D eigenvalue weighted by molar-refractivity contribution is 0.168. The van der Waals surface area contributed by atoms with E-state index in [4.69, 9.17) is 4.98 Å². The Morgan fingerprint density at radius 3 is 2.48 bits per heavy atom. The number of urea groups is 1. The fourth-order valence-electron chi connectivity index (χ4n) is 3.41. The first kappa shape index (κ1) is 19.1. The summed E-state index contributed by atoms with van der Waals surface area (Å²) in [5, 5.41) is 0. The number of carbonyl (C=O) groups excluding carboxylic acids is 1. The fourth-order valence-corrected chi connectivity index (χ4v) is 3.41. The standard InChI is InChI=1S/C20H26FN5O/c1-5-17-14(2)22-18(15-7-6-8-16(21)13-15)23-19(17)25-9-11-26(12-10-25)20(27)24(3)4/h6-8,13H,5,9-12H2,1-4H3. The molecule has 0 bridgehead atoms. The van der Waals surface area contributed by atoms with E-state index in [-0.39, 0.29) is 11.8 Å². The summed E-state index contributed by atoms with van der Waals surface area (Å²) in [6.45, 7) is 6.79. The van der Waals surface area contributed by atoms with Gasteiger partial charge in [0.25, 0.3) is 0 Å². The van der Waals surface area contributed by atoms with Crippen molar-refractivity contribution in [3.05, 3.63) is 41.3 Å². The number of hydrogen-bond acceptors (Lipinski definition) is 4. The van der Waals surface area contributed by atoms with Crippen molar-refractivity contribution in [2.24, 2.45) is 0 Å². The van der Waals surface area contributed by atoms with Gasteiger partial charge in [0.1, 0.15) is 11.6 Å². The van der Waals surface area contributed by atoms with Gasteiger partial charge >= 0.3 is 6.03 Å². The van der Waals surface area contributed by atoms with E-state index < -0.39 is 0 Å². The van der Waals surface area contributed by atoms with E-state index in [0.29, 0.717) is 37.6 Å². The molecule has 27 heavy (non-hydrogen) atoms. The third-order valence-electron chi connectivity index (χ3n) is 4.86. The van der Waals surface area contributed by atoms with Gasteiger partial charge in [0.15, 0.2) is 5.82 Å². The van der Waals surface area contributed by atoms with Gasteiger partial charge in [-0.05, 0) is 25.5 Å². The highest BCUT2D eigenvalue weighted by atomic mass is 19.1. The van der Waals surface area contributed by atoms with Crippen LogP contribution in [0.5, 0.6) is 0 Å². The Labute approximate surface area is 159 Å². The van der Waals surface area contributed by atoms with Gasteiger partial charge in [-0.15, -0.1) is 0 Å². The average molecular weight is 371 g/mol. The van der Waals surface area contributed by atoms with Crippen molar-refractivity contribution in [2.45, 2.75) is 20.3 Å². The smallest absolute Gasteiger partial charge is 0.319 e. The summed E-state index contributed by atoms with van der Waals surface area (Å²) in [6, 6.07) is 6.39. The van der Waals surface area contributed by atoms with Crippen LogP contribution in [0.3, 0.4) is 0 Å². The van der Waals surface area contributed by atoms with Crippen LogP contribution in [0.4, 0.5) is 15.0 Å². The van der Waals surface area contributed by atoms with Crippen molar-refractivity contribution in [2.75, 3.05) is 45.2 Å². The van der Waals surface area contributed by atoms with Crippen LogP contribution in [0.1, 0.15) is 18.2 Å². The van der Waals surface area contributed by atoms with Crippen LogP contribution in [-0.2, 0) is 6.42 Å². The molecular formula is C20H26FN5O. The van der Waals surface area contributed by atoms with Crippen LogP contribution in [0.15, 0.2) is 24.3 Å². The minimum Gasteiger partial charge on any atom is -0.353 e. The number of rotatable bonds is 3. The van der Waals surface area contributed by atoms with Crippen molar-refractivity contribution >= 4 is 11.8 Å². The lowest BCUT2D eigenvalue weighted by Gasteiger charge is -2.37. The van der Waals surface area contributed by atoms with Crippen LogP contribution in [-0.4, -0.2) is 66.1 Å². The molecule has 2 amide bonds. The van der Waals surface area contributed by atoms with Gasteiger partial charge in [-0.25, -0.2) is 19.2 Å². The minimum absolute atomic E-state index is 0.0321. The number of aryl methyl sites for hydroxylation is 1. The summed E-state index contributed by atoms with van der Waals surface area (Å²) < 4.78 is 13.6. The Morgan fingerprint density at radius 2 is 1.89 bits per heavy atom. The van der Waals surface area contributed by atoms with Crippen molar-refractivity contribution in [1.29, 1.82) is 0 Å². The summed E-state index contributed by atoms with van der Waals surface area (Å²) in [5.41, 5.74) is 2.68. The number of halogens is 1. The molecule has 7 heteroatoms. The molecule has 2 aromatic rings. The maximum atomic E-state index is 13.6. The maximum Gasteiger partial charge on any atom is 0.319 e. The Bertz CT molecular complexity index is 831. The van der Waals surface area contributed by atoms with Crippen LogP contribution < -0.4 is 4.90 Å². The predicted octanol–water partition coefficient (Wildman–Crippen LogP) is 2.96. The Morgan fingerprint density at radius 1 is 1.19 bits per heavy atom. The highest BCUT2D eigenvalue weighted by Crippen LogP contribution is 2.27. The van der Waals surface area contributed by atoms with Crippen molar-refractivity contribution in [3.8, 4) is 11.4 Å². The first-order valence-corrected chi connectivity index (χ1v) is 9.25. The van der Waals surface area contributed by atoms with Crippen molar-refractivity contribution < 1.29 is 9.18 Å². The molecule has 0 spiro atoms. The molecule has 1 aliphatic rings. The van der Waals surface area contributed by atoms with Gasteiger partial charge in [-0.3, -0.25) is 0 Å². The second kappa shape index (κ2) is 7.90. The number of nitrogens with zero attached hydrogens (tertiary/aromatic N) is 5. The highest BCUT2D eigenvalue weighted by Gasteiger charge is 2.25. The molecule has 144 valence electrons. The van der Waals surface area contributed by atoms with E-state index in [9.17, 15) is 9.18 Å². The monoisotopic (exact) mass is 371 g/mol. The molecule has 0 saturated carbocycles. The number of benzene rings is 1. The van der Waals surface area contributed by atoms with Gasteiger partial charge < -0.3 is 14.7 Å². The quantitative estimate of drug-likeness (QED) is 0.832. The molecule has 1 aromatic heterocycles. The number of hydrogen-bond donors (Lipinski definition) is 0. The van der Waals surface area contributed by atoms with Crippen LogP contribution in [0.25, 0.3) is 11.4 Å². The van der Waals surface area contributed by atoms with Gasteiger partial charge in [0, 0.05) is 57.1 Å². The molecule has 0 atom stereocenters. The molecule has 0 radical (unpaired) electrons. The highest BCUT2D eigenvalue weighted by molar-refractivity contribution is 5.74. The van der Waals surface area contributed by atoms with Gasteiger partial charge in [-0.2, -0.15) is 0 Å². The molecule has 0 N–H and O–H groups in total. The number of aromatic nitrogens is 2. The topological polar surface area (TPSA) is 52.6 Å². The summed E-state index contributed by atoms with van der Waals surface area (Å²) in [4.78, 5) is 27.2. The van der Waals surface area contributed by atoms with E-state index >= 15 is 0 Å². The van der Waals surface area contributed by atoms with Crippen LogP contribution in [0.2, 0.25) is 0 Å². The minimum atomic E-state index is -0.300. The lowest BCUT2D eigenvalue weighted by Crippen LogP contribution is -2.52. The lowest BCUT2D eigenvalue weighted by atomic mass is 10.1. The number of anilines is 1. The largest absolute Gasteiger partial charge is 0.353 e. The van der Waals surface area contributed by atoms with Crippen LogP contribution >= 0.6 is 0 Å². The molecule has 2 heterocycles. The molecule has 1 aliphatic heterocycles. The second-order valence-corrected chi connectivity index (χ2v) is 6.95. The van der Waals surface area contributed by atoms with E-state index in [2.05, 4.69) is 16.8 Å². The first-order chi connectivity index (χ1) is 12.9. The van der Waals surface area contributed by atoms with Crippen molar-refractivity contribution in [1.82, 2.24) is 19.8 Å². The normalized spacial score (nSPS) is 14.4. The third-order valence-corrected chi connectivity index (χ3v) is 4.86. The summed E-state index contributed by atoms with van der Waals surface area (Å²) >= 11 is 0. The van der Waals surface area contributed by atoms with E-state index in [1.807, 2.05) is 17.9 Å². The van der Waals surface area contributed by atoms with Gasteiger partial charge in [0.2, 0.25) is 0 Å². The number of piperazine rings is 1. The fraction of sp³-hybridized carbons (Fsp3) is 0.450. The third kappa shape index (κ3) is 4.02. The first-order valence-electron chi connectivity index (χ1n) is 9.25. The summed E-state index contributed by atoms with van der Waals surface area (Å²) in [6.07, 6.45) is 0.821. The molecular weight excluding hydrogens is 345 g/mol. The second-order valence-electron chi connectivity index (χ2n) is 6.95. The molecule has 1 saturated heterocycles. The van der Waals surface area contributed by atoms with E-state index in [0.717, 1.165) is 23.5 Å². The molecule has 6 nitrogen and oxygen atoms in total. The maximum absolute atomic E-state index is 13.6. The molecule has 3 rings (SSSR count). The molecule has 0 aliphatic carbocycles. The Balaban J connectivity index is 1.90. The zero-order chi connectivity index (χ0) is 19.6. The summed E-state index contributed by atoms with van der Waals surface area (Å²) in [7, 11) is 3.53. The van der Waals surface area contributed by atoms with Gasteiger partial charge in [-0.1, -0.05) is 19.1 Å². The van der Waals surface area contributed by atoms with Crippen LogP contribution in [0, 0.1) is 12.7 Å². The molecule has 1 aromatic carbocycles. The number of carbonyl (C=O) groups is 1. The SMILES string of the molecule is CCc1c(C)nc(-c2cccc(F)c2)nc1N1CCN(C(=O)N(C)C)CC1. The van der Waals surface area contributed by atoms with E-state index in [1.165, 1.54) is 12.1 Å². The van der Waals surface area contributed by atoms with E-state index in [1.54, 1.807) is 25.1 Å². The van der Waals surface area contributed by atoms with Gasteiger partial charge in [0.05, 0.1) is 0 Å². The zero-order valence-corrected chi connectivity index (χ0v) is 16.4. The Kier molecular flexibility index (Phi) is 5.58. The molecule has 0 unspecified atom stereocenters. The molecule has 1 fully saturated rings. The summed E-state index contributed by atoms with van der Waals surface area (Å²) in [5.74, 6) is 1.12.